The van der Waals surface area contributed by atoms with E-state index in [1.807, 2.05) is 30.5 Å². The summed E-state index contributed by atoms with van der Waals surface area (Å²) in [5, 5.41) is 13.3. The van der Waals surface area contributed by atoms with E-state index in [0.29, 0.717) is 33.8 Å². The number of thioether (sulfide) groups is 1. The number of amides is 1. The minimum Gasteiger partial charge on any atom is -0.486 e. The number of rotatable bonds is 10. The molecule has 1 amide bonds. The molecule has 0 spiro atoms. The van der Waals surface area contributed by atoms with Crippen molar-refractivity contribution in [2.24, 2.45) is 0 Å². The number of carbonyl (C=O) groups is 2. The average molecular weight is 561 g/mol. The first-order valence-corrected chi connectivity index (χ1v) is 14.1. The van der Waals surface area contributed by atoms with Crippen molar-refractivity contribution in [3.63, 3.8) is 0 Å². The SMILES string of the molecule is C=CCn1c(COc2cc(C)c(Cl)c(C)c2)nnc1SCC(=O)Nc1sc2c(c1C(=O)OC)CCCC2. The van der Waals surface area contributed by atoms with Crippen LogP contribution in [-0.4, -0.2) is 39.5 Å². The van der Waals surface area contributed by atoms with Crippen LogP contribution in [0.1, 0.15) is 50.6 Å². The van der Waals surface area contributed by atoms with E-state index in [4.69, 9.17) is 21.1 Å². The van der Waals surface area contributed by atoms with E-state index < -0.39 is 5.97 Å². The molecule has 0 saturated heterocycles. The number of benzene rings is 1. The minimum absolute atomic E-state index is 0.106. The first-order chi connectivity index (χ1) is 17.8. The zero-order valence-corrected chi connectivity index (χ0v) is 23.4. The Hall–Kier alpha value is -2.82. The summed E-state index contributed by atoms with van der Waals surface area (Å²) in [5.74, 6) is 0.776. The number of ether oxygens (including phenoxy) is 2. The van der Waals surface area contributed by atoms with E-state index in [1.165, 1.54) is 30.2 Å². The van der Waals surface area contributed by atoms with Crippen molar-refractivity contribution in [3.05, 3.63) is 62.8 Å². The second-order valence-corrected chi connectivity index (χ2v) is 11.1. The number of halogens is 1. The Morgan fingerprint density at radius 1 is 1.24 bits per heavy atom. The molecule has 1 N–H and O–H groups in total. The molecule has 0 saturated carbocycles. The number of nitrogens with zero attached hydrogens (tertiary/aromatic N) is 3. The lowest BCUT2D eigenvalue weighted by Crippen LogP contribution is -2.17. The van der Waals surface area contributed by atoms with Gasteiger partial charge >= 0.3 is 5.97 Å². The molecule has 3 aromatic rings. The molecule has 0 bridgehead atoms. The maximum absolute atomic E-state index is 12.8. The van der Waals surface area contributed by atoms with Gasteiger partial charge in [0.1, 0.15) is 17.4 Å². The maximum atomic E-state index is 12.8. The van der Waals surface area contributed by atoms with Crippen molar-refractivity contribution in [1.82, 2.24) is 14.8 Å². The molecule has 11 heteroatoms. The maximum Gasteiger partial charge on any atom is 0.341 e. The van der Waals surface area contributed by atoms with E-state index in [0.717, 1.165) is 52.3 Å². The molecule has 2 aromatic heterocycles. The molecule has 4 rings (SSSR count). The lowest BCUT2D eigenvalue weighted by Gasteiger charge is -2.12. The van der Waals surface area contributed by atoms with Crippen molar-refractivity contribution >= 4 is 51.6 Å². The predicted octanol–water partition coefficient (Wildman–Crippen LogP) is 5.77. The second-order valence-electron chi connectivity index (χ2n) is 8.70. The number of thiophene rings is 1. The highest BCUT2D eigenvalue weighted by Gasteiger charge is 2.27. The van der Waals surface area contributed by atoms with Gasteiger partial charge in [0.15, 0.2) is 11.0 Å². The smallest absolute Gasteiger partial charge is 0.341 e. The van der Waals surface area contributed by atoms with Crippen LogP contribution in [0, 0.1) is 13.8 Å². The standard InChI is InChI=1S/C26H29ClN4O4S2/c1-5-10-31-20(13-35-17-11-15(2)23(27)16(3)12-17)29-30-26(31)36-14-21(32)28-24-22(25(33)34-4)18-8-6-7-9-19(18)37-24/h5,11-12H,1,6-10,13-14H2,2-4H3,(H,28,32). The number of nitrogens with one attached hydrogen (secondary N) is 1. The van der Waals surface area contributed by atoms with E-state index >= 15 is 0 Å². The van der Waals surface area contributed by atoms with Gasteiger partial charge in [-0.15, -0.1) is 28.1 Å². The highest BCUT2D eigenvalue weighted by atomic mass is 35.5. The summed E-state index contributed by atoms with van der Waals surface area (Å²) >= 11 is 8.98. The summed E-state index contributed by atoms with van der Waals surface area (Å²) in [7, 11) is 1.36. The Morgan fingerprint density at radius 3 is 2.68 bits per heavy atom. The Kier molecular flexibility index (Phi) is 8.94. The number of fused-ring (bicyclic) bond motifs is 1. The van der Waals surface area contributed by atoms with Gasteiger partial charge in [0.05, 0.1) is 18.4 Å². The van der Waals surface area contributed by atoms with Crippen molar-refractivity contribution < 1.29 is 19.1 Å². The molecule has 0 radical (unpaired) electrons. The molecule has 37 heavy (non-hydrogen) atoms. The van der Waals surface area contributed by atoms with Crippen LogP contribution in [0.4, 0.5) is 5.00 Å². The van der Waals surface area contributed by atoms with Crippen molar-refractivity contribution in [3.8, 4) is 5.75 Å². The molecule has 0 unspecified atom stereocenters. The number of allylic oxidation sites excluding steroid dienone is 1. The lowest BCUT2D eigenvalue weighted by molar-refractivity contribution is -0.113. The van der Waals surface area contributed by atoms with Gasteiger partial charge in [-0.2, -0.15) is 0 Å². The first kappa shape index (κ1) is 27.2. The topological polar surface area (TPSA) is 95.3 Å². The van der Waals surface area contributed by atoms with E-state index in [1.54, 1.807) is 6.08 Å². The summed E-state index contributed by atoms with van der Waals surface area (Å²) in [6, 6.07) is 3.77. The van der Waals surface area contributed by atoms with Crippen LogP contribution in [0.2, 0.25) is 5.02 Å². The van der Waals surface area contributed by atoms with E-state index in [9.17, 15) is 9.59 Å². The van der Waals surface area contributed by atoms with Gasteiger partial charge in [-0.05, 0) is 68.4 Å². The number of anilines is 1. The molecule has 1 aliphatic rings. The molecule has 1 aliphatic carbocycles. The largest absolute Gasteiger partial charge is 0.486 e. The van der Waals surface area contributed by atoms with Crippen molar-refractivity contribution in [1.29, 1.82) is 0 Å². The number of aromatic nitrogens is 3. The molecule has 196 valence electrons. The van der Waals surface area contributed by atoms with E-state index in [2.05, 4.69) is 22.1 Å². The summed E-state index contributed by atoms with van der Waals surface area (Å²) in [6.07, 6.45) is 5.59. The Labute approximate surface area is 229 Å². The van der Waals surface area contributed by atoms with Gasteiger partial charge in [0, 0.05) is 16.4 Å². The summed E-state index contributed by atoms with van der Waals surface area (Å²) < 4.78 is 12.8. The fourth-order valence-corrected chi connectivity index (χ4v) is 6.42. The molecule has 2 heterocycles. The minimum atomic E-state index is -0.413. The van der Waals surface area contributed by atoms with Crippen LogP contribution >= 0.6 is 34.7 Å². The van der Waals surface area contributed by atoms with Crippen LogP contribution in [0.3, 0.4) is 0 Å². The van der Waals surface area contributed by atoms with Gasteiger partial charge in [0.2, 0.25) is 5.91 Å². The Bertz CT molecular complexity index is 1310. The second kappa shape index (κ2) is 12.1. The average Bonchev–Trinajstić information content (AvgIpc) is 3.44. The fraction of sp³-hybridized carbons (Fsp3) is 0.385. The quantitative estimate of drug-likeness (QED) is 0.191. The number of esters is 1. The first-order valence-electron chi connectivity index (χ1n) is 11.9. The molecular formula is C26H29ClN4O4S2. The van der Waals surface area contributed by atoms with Crippen LogP contribution in [0.25, 0.3) is 0 Å². The lowest BCUT2D eigenvalue weighted by atomic mass is 9.95. The van der Waals surface area contributed by atoms with E-state index in [-0.39, 0.29) is 18.3 Å². The van der Waals surface area contributed by atoms with Gasteiger partial charge in [-0.3, -0.25) is 9.36 Å². The summed E-state index contributed by atoms with van der Waals surface area (Å²) in [6.45, 7) is 8.36. The number of carbonyl (C=O) groups excluding carboxylic acids is 2. The highest BCUT2D eigenvalue weighted by molar-refractivity contribution is 7.99. The van der Waals surface area contributed by atoms with Crippen molar-refractivity contribution in [2.75, 3.05) is 18.2 Å². The number of methoxy groups -OCH3 is 1. The monoisotopic (exact) mass is 560 g/mol. The van der Waals surface area contributed by atoms with Crippen LogP contribution in [-0.2, 0) is 35.5 Å². The van der Waals surface area contributed by atoms with Crippen LogP contribution in [0.5, 0.6) is 5.75 Å². The zero-order valence-electron chi connectivity index (χ0n) is 21.1. The van der Waals surface area contributed by atoms with Gasteiger partial charge in [-0.1, -0.05) is 29.4 Å². The third kappa shape index (κ3) is 6.19. The number of aryl methyl sites for hydroxylation is 3. The molecule has 0 atom stereocenters. The predicted molar refractivity (Wildman–Crippen MR) is 147 cm³/mol. The molecule has 1 aromatic carbocycles. The molecule has 0 aliphatic heterocycles. The molecule has 0 fully saturated rings. The van der Waals surface area contributed by atoms with Crippen LogP contribution in [0.15, 0.2) is 29.9 Å². The zero-order chi connectivity index (χ0) is 26.5. The summed E-state index contributed by atoms with van der Waals surface area (Å²) in [4.78, 5) is 26.4. The summed E-state index contributed by atoms with van der Waals surface area (Å²) in [5.41, 5.74) is 3.37. The van der Waals surface area contributed by atoms with Crippen molar-refractivity contribution in [2.45, 2.75) is 57.8 Å². The van der Waals surface area contributed by atoms with Crippen LogP contribution < -0.4 is 10.1 Å². The van der Waals surface area contributed by atoms with Gasteiger partial charge < -0.3 is 14.8 Å². The Balaban J connectivity index is 1.43. The third-order valence-corrected chi connectivity index (χ3v) is 8.80. The Morgan fingerprint density at radius 2 is 1.97 bits per heavy atom. The number of hydrogen-bond acceptors (Lipinski definition) is 8. The van der Waals surface area contributed by atoms with Gasteiger partial charge in [-0.25, -0.2) is 4.79 Å². The normalized spacial score (nSPS) is 12.6. The third-order valence-electron chi connectivity index (χ3n) is 6.03. The molecule has 8 nitrogen and oxygen atoms in total. The molecular weight excluding hydrogens is 532 g/mol. The fourth-order valence-electron chi connectivity index (χ4n) is 4.25. The van der Waals surface area contributed by atoms with Gasteiger partial charge in [0.25, 0.3) is 0 Å². The number of hydrogen-bond donors (Lipinski definition) is 1. The highest BCUT2D eigenvalue weighted by Crippen LogP contribution is 2.38.